The Bertz CT molecular complexity index is 1170. The third-order valence-electron chi connectivity index (χ3n) is 6.90. The number of carbonyl (C=O) groups is 2. The van der Waals surface area contributed by atoms with Gasteiger partial charge in [-0.3, -0.25) is 24.8 Å². The van der Waals surface area contributed by atoms with Crippen molar-refractivity contribution < 1.29 is 14.0 Å². The molecule has 2 aromatic rings. The van der Waals surface area contributed by atoms with Crippen molar-refractivity contribution in [3.8, 4) is 6.19 Å². The average Bonchev–Trinajstić information content (AvgIpc) is 2.89. The summed E-state index contributed by atoms with van der Waals surface area (Å²) in [5, 5.41) is 14.8. The number of nitrogens with zero attached hydrogens (tertiary/aromatic N) is 3. The van der Waals surface area contributed by atoms with Crippen molar-refractivity contribution in [3.63, 3.8) is 0 Å². The summed E-state index contributed by atoms with van der Waals surface area (Å²) in [4.78, 5) is 30.8. The molecular formula is C30H36FN5O2. The number of nitriles is 1. The number of ketones is 2. The maximum absolute atomic E-state index is 13.3. The summed E-state index contributed by atoms with van der Waals surface area (Å²) in [6.45, 7) is 9.13. The minimum Gasteiger partial charge on any atom is -0.325 e. The van der Waals surface area contributed by atoms with Crippen LogP contribution in [0.4, 0.5) is 10.1 Å². The Morgan fingerprint density at radius 2 is 1.87 bits per heavy atom. The van der Waals surface area contributed by atoms with Crippen LogP contribution < -0.4 is 10.6 Å². The van der Waals surface area contributed by atoms with Crippen LogP contribution in [-0.4, -0.2) is 48.1 Å². The minimum absolute atomic E-state index is 0.155. The van der Waals surface area contributed by atoms with Crippen LogP contribution in [0.1, 0.15) is 65.8 Å². The largest absolute Gasteiger partial charge is 0.325 e. The maximum atomic E-state index is 13.3. The number of likely N-dealkylation sites (tertiary alicyclic amines) is 1. The van der Waals surface area contributed by atoms with Crippen LogP contribution in [0.3, 0.4) is 0 Å². The van der Waals surface area contributed by atoms with Crippen LogP contribution in [-0.2, 0) is 6.42 Å². The van der Waals surface area contributed by atoms with Gasteiger partial charge >= 0.3 is 0 Å². The molecule has 1 saturated heterocycles. The molecule has 8 heteroatoms. The lowest BCUT2D eigenvalue weighted by atomic mass is 9.84. The Morgan fingerprint density at radius 3 is 2.47 bits per heavy atom. The van der Waals surface area contributed by atoms with E-state index < -0.39 is 0 Å². The number of hydrogen-bond acceptors (Lipinski definition) is 5. The van der Waals surface area contributed by atoms with Crippen LogP contribution in [0.25, 0.3) is 0 Å². The van der Waals surface area contributed by atoms with Crippen molar-refractivity contribution in [2.45, 2.75) is 52.0 Å². The number of benzene rings is 2. The SMILES string of the molecule is C=CCN1CC[C@@H](Cc2ccc(F)cc2)C[C@@H]1CCCN=C(NC#N)Nc1cc(C(C)=O)cc(C(C)=O)c1. The van der Waals surface area contributed by atoms with E-state index in [9.17, 15) is 19.2 Å². The standard InChI is InChI=1S/C30H36FN5O2/c1-4-13-36-14-11-24(15-23-7-9-27(31)10-8-23)16-29(36)6-5-12-33-30(34-20-32)35-28-18-25(21(2)37)17-26(19-28)22(3)38/h4,7-10,17-19,24,29H,1,5-6,11-16H2,2-3H3,(H2,33,34,35)/t24-,29-/m0/s1. The first-order valence-electron chi connectivity index (χ1n) is 13.0. The third-order valence-corrected chi connectivity index (χ3v) is 6.90. The fraction of sp³-hybridized carbons (Fsp3) is 0.400. The second-order valence-corrected chi connectivity index (χ2v) is 9.80. The fourth-order valence-corrected chi connectivity index (χ4v) is 4.95. The first-order chi connectivity index (χ1) is 18.3. The van der Waals surface area contributed by atoms with Crippen molar-refractivity contribution in [2.75, 3.05) is 25.0 Å². The van der Waals surface area contributed by atoms with Crippen molar-refractivity contribution in [3.05, 3.63) is 77.6 Å². The normalized spacial score (nSPS) is 17.9. The Balaban J connectivity index is 1.62. The van der Waals surface area contributed by atoms with Crippen LogP contribution in [0.15, 0.2) is 60.1 Å². The first kappa shape index (κ1) is 28.7. The van der Waals surface area contributed by atoms with Crippen LogP contribution in [0.5, 0.6) is 0 Å². The molecule has 38 heavy (non-hydrogen) atoms. The molecular weight excluding hydrogens is 481 g/mol. The summed E-state index contributed by atoms with van der Waals surface area (Å²) in [7, 11) is 0. The molecule has 0 unspecified atom stereocenters. The highest BCUT2D eigenvalue weighted by Gasteiger charge is 2.27. The zero-order valence-electron chi connectivity index (χ0n) is 22.2. The second kappa shape index (κ2) is 14.2. The van der Waals surface area contributed by atoms with E-state index >= 15 is 0 Å². The molecule has 1 heterocycles. The van der Waals surface area contributed by atoms with Crippen molar-refractivity contribution in [1.82, 2.24) is 10.2 Å². The number of anilines is 1. The van der Waals surface area contributed by atoms with Gasteiger partial charge in [0.05, 0.1) is 0 Å². The van der Waals surface area contributed by atoms with Crippen LogP contribution >= 0.6 is 0 Å². The predicted molar refractivity (Wildman–Crippen MR) is 149 cm³/mol. The van der Waals surface area contributed by atoms with Gasteiger partial charge in [0.15, 0.2) is 17.8 Å². The number of nitrogens with one attached hydrogen (secondary N) is 2. The molecule has 1 fully saturated rings. The van der Waals surface area contributed by atoms with Gasteiger partial charge in [-0.15, -0.1) is 6.58 Å². The van der Waals surface area contributed by atoms with Crippen molar-refractivity contribution in [1.29, 1.82) is 5.26 Å². The highest BCUT2D eigenvalue weighted by atomic mass is 19.1. The number of halogens is 1. The number of piperidine rings is 1. The smallest absolute Gasteiger partial charge is 0.209 e. The highest BCUT2D eigenvalue weighted by molar-refractivity contribution is 6.03. The van der Waals surface area contributed by atoms with E-state index in [-0.39, 0.29) is 23.3 Å². The Morgan fingerprint density at radius 1 is 1.18 bits per heavy atom. The number of aliphatic imine (C=N–C) groups is 1. The summed E-state index contributed by atoms with van der Waals surface area (Å²) in [5.74, 6) is 0.285. The minimum atomic E-state index is -0.210. The number of hydrogen-bond donors (Lipinski definition) is 2. The number of carbonyl (C=O) groups excluding carboxylic acids is 2. The molecule has 2 aromatic carbocycles. The quantitative estimate of drug-likeness (QED) is 0.0792. The summed E-state index contributed by atoms with van der Waals surface area (Å²) in [5.41, 5.74) is 2.49. The number of guanidine groups is 1. The van der Waals surface area contributed by atoms with E-state index in [2.05, 4.69) is 27.1 Å². The van der Waals surface area contributed by atoms with Gasteiger partial charge in [0, 0.05) is 35.9 Å². The molecule has 0 spiro atoms. The molecule has 0 amide bonds. The zero-order valence-corrected chi connectivity index (χ0v) is 22.2. The summed E-state index contributed by atoms with van der Waals surface area (Å²) in [6.07, 6.45) is 8.70. The van der Waals surface area contributed by atoms with Gasteiger partial charge in [-0.1, -0.05) is 18.2 Å². The lowest BCUT2D eigenvalue weighted by molar-refractivity contribution is 0.101. The first-order valence-corrected chi connectivity index (χ1v) is 13.0. The lowest BCUT2D eigenvalue weighted by Crippen LogP contribution is -2.43. The molecule has 0 aromatic heterocycles. The Hall–Kier alpha value is -3.83. The van der Waals surface area contributed by atoms with Crippen molar-refractivity contribution in [2.24, 2.45) is 10.9 Å². The van der Waals surface area contributed by atoms with E-state index in [1.807, 2.05) is 24.4 Å². The monoisotopic (exact) mass is 517 g/mol. The van der Waals surface area contributed by atoms with Crippen LogP contribution in [0.2, 0.25) is 0 Å². The van der Waals surface area contributed by atoms with Gasteiger partial charge in [-0.2, -0.15) is 5.26 Å². The molecule has 200 valence electrons. The lowest BCUT2D eigenvalue weighted by Gasteiger charge is -2.39. The topological polar surface area (TPSA) is 97.6 Å². The number of Topliss-reactive ketones (excluding diaryl/α,β-unsaturated/α-hetero) is 2. The average molecular weight is 518 g/mol. The van der Waals surface area contributed by atoms with Gasteiger partial charge in [-0.25, -0.2) is 4.39 Å². The number of rotatable bonds is 11. The maximum Gasteiger partial charge on any atom is 0.209 e. The highest BCUT2D eigenvalue weighted by Crippen LogP contribution is 2.28. The van der Waals surface area contributed by atoms with Gasteiger partial charge in [0.2, 0.25) is 5.96 Å². The van der Waals surface area contributed by atoms with Gasteiger partial charge < -0.3 is 5.32 Å². The molecule has 0 bridgehead atoms. The zero-order chi connectivity index (χ0) is 27.5. The molecule has 3 rings (SSSR count). The summed E-state index contributed by atoms with van der Waals surface area (Å²) >= 11 is 0. The van der Waals surface area contributed by atoms with Gasteiger partial charge in [0.25, 0.3) is 0 Å². The molecule has 0 aliphatic carbocycles. The van der Waals surface area contributed by atoms with E-state index in [1.165, 1.54) is 26.0 Å². The van der Waals surface area contributed by atoms with E-state index in [1.54, 1.807) is 18.2 Å². The molecule has 1 aliphatic rings. The molecule has 0 saturated carbocycles. The predicted octanol–water partition coefficient (Wildman–Crippen LogP) is 5.36. The molecule has 2 N–H and O–H groups in total. The molecule has 1 aliphatic heterocycles. The van der Waals surface area contributed by atoms with Crippen LogP contribution in [0, 0.1) is 23.2 Å². The summed E-state index contributed by atoms with van der Waals surface area (Å²) < 4.78 is 13.3. The summed E-state index contributed by atoms with van der Waals surface area (Å²) in [6, 6.07) is 12.0. The van der Waals surface area contributed by atoms with Gasteiger partial charge in [0.1, 0.15) is 5.82 Å². The van der Waals surface area contributed by atoms with E-state index in [0.717, 1.165) is 50.8 Å². The van der Waals surface area contributed by atoms with Crippen molar-refractivity contribution >= 4 is 23.2 Å². The molecule has 0 radical (unpaired) electrons. The molecule has 2 atom stereocenters. The van der Waals surface area contributed by atoms with Gasteiger partial charge in [-0.05, 0) is 94.3 Å². The Labute approximate surface area is 224 Å². The fourth-order valence-electron chi connectivity index (χ4n) is 4.95. The third kappa shape index (κ3) is 8.63. The molecule has 7 nitrogen and oxygen atoms in total. The second-order valence-electron chi connectivity index (χ2n) is 9.80. The van der Waals surface area contributed by atoms with E-state index in [4.69, 9.17) is 0 Å². The Kier molecular flexibility index (Phi) is 10.7. The van der Waals surface area contributed by atoms with E-state index in [0.29, 0.717) is 35.3 Å².